The Morgan fingerprint density at radius 1 is 1.09 bits per heavy atom. The molecule has 7 heteroatoms. The first-order valence-corrected chi connectivity index (χ1v) is 11.7. The van der Waals surface area contributed by atoms with Gasteiger partial charge in [-0.15, -0.1) is 12.4 Å². The van der Waals surface area contributed by atoms with Crippen LogP contribution >= 0.6 is 12.4 Å². The van der Waals surface area contributed by atoms with E-state index in [1.54, 1.807) is 0 Å². The van der Waals surface area contributed by atoms with Gasteiger partial charge in [-0.25, -0.2) is 9.97 Å². The van der Waals surface area contributed by atoms with E-state index in [-0.39, 0.29) is 23.9 Å². The summed E-state index contributed by atoms with van der Waals surface area (Å²) in [6.07, 6.45) is 7.86. The molecular weight excluding hydrogens is 424 g/mol. The molecule has 1 aromatic carbocycles. The topological polar surface area (TPSA) is 67.4 Å². The lowest BCUT2D eigenvalue weighted by Crippen LogP contribution is -2.49. The van der Waals surface area contributed by atoms with Crippen molar-refractivity contribution < 1.29 is 9.53 Å². The van der Waals surface area contributed by atoms with Crippen LogP contribution in [0.25, 0.3) is 11.4 Å². The molecule has 2 aromatic rings. The van der Waals surface area contributed by atoms with Crippen molar-refractivity contribution in [2.75, 3.05) is 32.8 Å². The third kappa shape index (κ3) is 3.62. The molecule has 6 nitrogen and oxygen atoms in total. The second kappa shape index (κ2) is 8.40. The van der Waals surface area contributed by atoms with Crippen LogP contribution in [0.2, 0.25) is 0 Å². The molecule has 1 aromatic heterocycles. The Kier molecular flexibility index (Phi) is 5.72. The minimum absolute atomic E-state index is 0. The van der Waals surface area contributed by atoms with Gasteiger partial charge in [-0.05, 0) is 62.6 Å². The normalized spacial score (nSPS) is 25.1. The van der Waals surface area contributed by atoms with Crippen LogP contribution in [0.3, 0.4) is 0 Å². The SMILES string of the molecule is Cl.O=C(C1CC12CCNCC2)N1CCC2(CC1)OCCc1cnc(-c3ccccc3)nc12. The van der Waals surface area contributed by atoms with E-state index in [0.717, 1.165) is 81.8 Å². The van der Waals surface area contributed by atoms with Gasteiger partial charge in [0.15, 0.2) is 5.82 Å². The molecule has 170 valence electrons. The van der Waals surface area contributed by atoms with E-state index in [1.807, 2.05) is 36.5 Å². The molecule has 1 N–H and O–H groups in total. The molecule has 0 bridgehead atoms. The van der Waals surface area contributed by atoms with E-state index < -0.39 is 0 Å². The largest absolute Gasteiger partial charge is 0.368 e. The number of halogens is 1. The highest BCUT2D eigenvalue weighted by atomic mass is 35.5. The summed E-state index contributed by atoms with van der Waals surface area (Å²) >= 11 is 0. The second-order valence-corrected chi connectivity index (χ2v) is 9.72. The molecule has 2 saturated heterocycles. The predicted molar refractivity (Wildman–Crippen MR) is 125 cm³/mol. The number of piperidine rings is 2. The van der Waals surface area contributed by atoms with Gasteiger partial charge in [0.05, 0.1) is 12.3 Å². The predicted octanol–water partition coefficient (Wildman–Crippen LogP) is 3.35. The molecule has 1 aliphatic carbocycles. The van der Waals surface area contributed by atoms with E-state index in [9.17, 15) is 4.79 Å². The Bertz CT molecular complexity index is 985. The Morgan fingerprint density at radius 2 is 1.84 bits per heavy atom. The standard InChI is InChI=1S/C25H30N4O2.ClH/c30-23(20-16-24(20)7-11-26-12-8-24)29-13-9-25(10-14-29)21-19(6-15-31-25)17-27-22(28-21)18-4-2-1-3-5-18;/h1-5,17,20,26H,6-16H2;1H. The fourth-order valence-electron chi connectivity index (χ4n) is 6.00. The summed E-state index contributed by atoms with van der Waals surface area (Å²) in [4.78, 5) is 25.0. The number of nitrogens with zero attached hydrogens (tertiary/aromatic N) is 3. The average molecular weight is 455 g/mol. The fourth-order valence-corrected chi connectivity index (χ4v) is 6.00. The highest BCUT2D eigenvalue weighted by Gasteiger charge is 2.59. The van der Waals surface area contributed by atoms with Crippen LogP contribution in [0.4, 0.5) is 0 Å². The Labute approximate surface area is 195 Å². The number of benzene rings is 1. The molecule has 3 aliphatic heterocycles. The number of carbonyl (C=O) groups excluding carboxylic acids is 1. The van der Waals surface area contributed by atoms with Crippen molar-refractivity contribution in [3.8, 4) is 11.4 Å². The van der Waals surface area contributed by atoms with Crippen molar-refractivity contribution in [1.82, 2.24) is 20.2 Å². The molecule has 6 rings (SSSR count). The molecule has 32 heavy (non-hydrogen) atoms. The van der Waals surface area contributed by atoms with Gasteiger partial charge in [0.25, 0.3) is 0 Å². The summed E-state index contributed by atoms with van der Waals surface area (Å²) < 4.78 is 6.40. The van der Waals surface area contributed by atoms with Crippen LogP contribution in [0.1, 0.15) is 43.4 Å². The first kappa shape index (κ1) is 21.8. The van der Waals surface area contributed by atoms with Crippen LogP contribution < -0.4 is 5.32 Å². The molecular formula is C25H31ClN4O2. The Hall–Kier alpha value is -2.02. The third-order valence-corrected chi connectivity index (χ3v) is 8.05. The maximum absolute atomic E-state index is 13.2. The van der Waals surface area contributed by atoms with Gasteiger partial charge in [-0.1, -0.05) is 30.3 Å². The number of fused-ring (bicyclic) bond motifs is 2. The number of rotatable bonds is 2. The fraction of sp³-hybridized carbons (Fsp3) is 0.560. The number of hydrogen-bond donors (Lipinski definition) is 1. The summed E-state index contributed by atoms with van der Waals surface area (Å²) in [5.74, 6) is 1.38. The minimum atomic E-state index is -0.382. The second-order valence-electron chi connectivity index (χ2n) is 9.72. The van der Waals surface area contributed by atoms with Crippen molar-refractivity contribution >= 4 is 18.3 Å². The van der Waals surface area contributed by atoms with Gasteiger partial charge in [-0.3, -0.25) is 4.79 Å². The van der Waals surface area contributed by atoms with Crippen LogP contribution in [0, 0.1) is 11.3 Å². The molecule has 1 saturated carbocycles. The van der Waals surface area contributed by atoms with Crippen LogP contribution in [-0.2, 0) is 21.6 Å². The van der Waals surface area contributed by atoms with Gasteiger partial charge in [0.2, 0.25) is 5.91 Å². The summed E-state index contributed by atoms with van der Waals surface area (Å²) in [5.41, 5.74) is 3.18. The molecule has 3 fully saturated rings. The van der Waals surface area contributed by atoms with E-state index >= 15 is 0 Å². The minimum Gasteiger partial charge on any atom is -0.368 e. The maximum atomic E-state index is 13.2. The van der Waals surface area contributed by atoms with Gasteiger partial charge in [0.1, 0.15) is 5.60 Å². The summed E-state index contributed by atoms with van der Waals surface area (Å²) in [6.45, 7) is 4.33. The van der Waals surface area contributed by atoms with Gasteiger partial charge in [0, 0.05) is 30.8 Å². The van der Waals surface area contributed by atoms with E-state index in [1.165, 1.54) is 5.56 Å². The van der Waals surface area contributed by atoms with E-state index in [0.29, 0.717) is 17.9 Å². The Morgan fingerprint density at radius 3 is 2.59 bits per heavy atom. The van der Waals surface area contributed by atoms with Crippen LogP contribution in [-0.4, -0.2) is 53.6 Å². The quantitative estimate of drug-likeness (QED) is 0.753. The first-order chi connectivity index (χ1) is 15.2. The third-order valence-electron chi connectivity index (χ3n) is 8.05. The van der Waals surface area contributed by atoms with Crippen molar-refractivity contribution in [3.05, 3.63) is 47.8 Å². The number of amides is 1. The number of hydrogen-bond acceptors (Lipinski definition) is 5. The number of carbonyl (C=O) groups is 1. The van der Waals surface area contributed by atoms with E-state index in [4.69, 9.17) is 9.72 Å². The van der Waals surface area contributed by atoms with Crippen molar-refractivity contribution in [2.24, 2.45) is 11.3 Å². The van der Waals surface area contributed by atoms with Crippen LogP contribution in [0.15, 0.2) is 36.5 Å². The number of aromatic nitrogens is 2. The lowest BCUT2D eigenvalue weighted by molar-refractivity contribution is -0.143. The zero-order valence-corrected chi connectivity index (χ0v) is 19.2. The molecule has 2 spiro atoms. The molecule has 4 aliphatic rings. The van der Waals surface area contributed by atoms with Crippen molar-refractivity contribution in [1.29, 1.82) is 0 Å². The lowest BCUT2D eigenvalue weighted by atomic mass is 9.83. The van der Waals surface area contributed by atoms with Crippen LogP contribution in [0.5, 0.6) is 0 Å². The number of ether oxygens (including phenoxy) is 1. The molecule has 1 atom stereocenters. The van der Waals surface area contributed by atoms with Gasteiger partial charge < -0.3 is 15.0 Å². The number of likely N-dealkylation sites (tertiary alicyclic amines) is 1. The zero-order chi connectivity index (χ0) is 20.9. The zero-order valence-electron chi connectivity index (χ0n) is 18.4. The van der Waals surface area contributed by atoms with Gasteiger partial charge in [-0.2, -0.15) is 0 Å². The average Bonchev–Trinajstić information content (AvgIpc) is 3.52. The number of nitrogens with one attached hydrogen (secondary N) is 1. The summed E-state index contributed by atoms with van der Waals surface area (Å²) in [5, 5.41) is 3.43. The molecule has 4 heterocycles. The smallest absolute Gasteiger partial charge is 0.226 e. The van der Waals surface area contributed by atoms with E-state index in [2.05, 4.69) is 15.2 Å². The summed E-state index contributed by atoms with van der Waals surface area (Å²) in [6, 6.07) is 10.1. The summed E-state index contributed by atoms with van der Waals surface area (Å²) in [7, 11) is 0. The van der Waals surface area contributed by atoms with Crippen molar-refractivity contribution in [3.63, 3.8) is 0 Å². The maximum Gasteiger partial charge on any atom is 0.226 e. The molecule has 1 unspecified atom stereocenters. The lowest BCUT2D eigenvalue weighted by Gasteiger charge is -2.44. The van der Waals surface area contributed by atoms with Gasteiger partial charge >= 0.3 is 0 Å². The molecule has 0 radical (unpaired) electrons. The Balaban J connectivity index is 0.00000216. The monoisotopic (exact) mass is 454 g/mol. The van der Waals surface area contributed by atoms with Crippen molar-refractivity contribution in [2.45, 2.75) is 44.1 Å². The molecule has 1 amide bonds. The highest BCUT2D eigenvalue weighted by molar-refractivity contribution is 5.85. The first-order valence-electron chi connectivity index (χ1n) is 11.7. The highest BCUT2D eigenvalue weighted by Crippen LogP contribution is 2.59.